The summed E-state index contributed by atoms with van der Waals surface area (Å²) in [5.41, 5.74) is 3.68. The maximum absolute atomic E-state index is 6.22. The summed E-state index contributed by atoms with van der Waals surface area (Å²) in [7, 11) is 0. The van der Waals surface area contributed by atoms with E-state index in [2.05, 4.69) is 39.4 Å². The normalized spacial score (nSPS) is 17.6. The molecule has 0 heterocycles. The fourth-order valence-electron chi connectivity index (χ4n) is 2.69. The Labute approximate surface area is 137 Å². The SMILES string of the molecule is Clc1cccc(Cl)c1NC1CCc2cc(Br)ccc2C1. The van der Waals surface area contributed by atoms with Crippen molar-refractivity contribution in [3.05, 3.63) is 62.0 Å². The van der Waals surface area contributed by atoms with E-state index in [4.69, 9.17) is 23.2 Å². The first-order valence-corrected chi connectivity index (χ1v) is 8.16. The Morgan fingerprint density at radius 2 is 1.80 bits per heavy atom. The van der Waals surface area contributed by atoms with Crippen LogP contribution >= 0.6 is 39.1 Å². The van der Waals surface area contributed by atoms with Crippen molar-refractivity contribution in [1.29, 1.82) is 0 Å². The van der Waals surface area contributed by atoms with E-state index < -0.39 is 0 Å². The molecule has 1 nitrogen and oxygen atoms in total. The summed E-state index contributed by atoms with van der Waals surface area (Å²) in [5.74, 6) is 0. The van der Waals surface area contributed by atoms with Gasteiger partial charge in [0.25, 0.3) is 0 Å². The summed E-state index contributed by atoms with van der Waals surface area (Å²) in [6.07, 6.45) is 3.17. The number of para-hydroxylation sites is 1. The molecule has 0 radical (unpaired) electrons. The summed E-state index contributed by atoms with van der Waals surface area (Å²) >= 11 is 16.0. The lowest BCUT2D eigenvalue weighted by atomic mass is 9.88. The van der Waals surface area contributed by atoms with Crippen molar-refractivity contribution >= 4 is 44.8 Å². The van der Waals surface area contributed by atoms with Gasteiger partial charge in [0.2, 0.25) is 0 Å². The Morgan fingerprint density at radius 3 is 2.55 bits per heavy atom. The van der Waals surface area contributed by atoms with Crippen LogP contribution in [0.1, 0.15) is 17.5 Å². The molecule has 1 aliphatic rings. The first-order chi connectivity index (χ1) is 9.63. The van der Waals surface area contributed by atoms with Crippen LogP contribution in [-0.2, 0) is 12.8 Å². The van der Waals surface area contributed by atoms with Crippen molar-refractivity contribution in [3.63, 3.8) is 0 Å². The van der Waals surface area contributed by atoms with Crippen LogP contribution < -0.4 is 5.32 Å². The van der Waals surface area contributed by atoms with Gasteiger partial charge in [0, 0.05) is 10.5 Å². The van der Waals surface area contributed by atoms with E-state index in [-0.39, 0.29) is 0 Å². The summed E-state index contributed by atoms with van der Waals surface area (Å²) in [5, 5.41) is 4.86. The van der Waals surface area contributed by atoms with E-state index in [1.807, 2.05) is 18.2 Å². The molecule has 1 N–H and O–H groups in total. The van der Waals surface area contributed by atoms with E-state index in [1.54, 1.807) is 0 Å². The molecule has 1 unspecified atom stereocenters. The number of aryl methyl sites for hydroxylation is 1. The first kappa shape index (κ1) is 14.2. The smallest absolute Gasteiger partial charge is 0.0721 e. The fraction of sp³-hybridized carbons (Fsp3) is 0.250. The second kappa shape index (κ2) is 5.97. The molecule has 0 saturated heterocycles. The van der Waals surface area contributed by atoms with Crippen LogP contribution in [0, 0.1) is 0 Å². The molecule has 0 saturated carbocycles. The Morgan fingerprint density at radius 1 is 1.05 bits per heavy atom. The predicted molar refractivity (Wildman–Crippen MR) is 90.0 cm³/mol. The molecule has 20 heavy (non-hydrogen) atoms. The summed E-state index contributed by atoms with van der Waals surface area (Å²) < 4.78 is 1.15. The highest BCUT2D eigenvalue weighted by atomic mass is 79.9. The van der Waals surface area contributed by atoms with Gasteiger partial charge in [-0.2, -0.15) is 0 Å². The van der Waals surface area contributed by atoms with Crippen molar-refractivity contribution in [2.75, 3.05) is 5.32 Å². The van der Waals surface area contributed by atoms with Gasteiger partial charge >= 0.3 is 0 Å². The molecule has 0 aromatic heterocycles. The zero-order chi connectivity index (χ0) is 14.1. The molecule has 0 fully saturated rings. The summed E-state index contributed by atoms with van der Waals surface area (Å²) in [6, 6.07) is 12.5. The molecule has 104 valence electrons. The molecular formula is C16H14BrCl2N. The Hall–Kier alpha value is -0.700. The highest BCUT2D eigenvalue weighted by molar-refractivity contribution is 9.10. The number of benzene rings is 2. The number of fused-ring (bicyclic) bond motifs is 1. The molecule has 1 aliphatic carbocycles. The molecule has 0 aliphatic heterocycles. The molecule has 1 atom stereocenters. The fourth-order valence-corrected chi connectivity index (χ4v) is 3.60. The maximum Gasteiger partial charge on any atom is 0.0721 e. The molecule has 4 heteroatoms. The van der Waals surface area contributed by atoms with Crippen LogP contribution in [0.5, 0.6) is 0 Å². The first-order valence-electron chi connectivity index (χ1n) is 6.61. The highest BCUT2D eigenvalue weighted by Gasteiger charge is 2.20. The molecule has 0 amide bonds. The van der Waals surface area contributed by atoms with Gasteiger partial charge in [-0.15, -0.1) is 0 Å². The molecule has 2 aromatic rings. The predicted octanol–water partition coefficient (Wildman–Crippen LogP) is 5.73. The standard InChI is InChI=1S/C16H14BrCl2N/c17-12-6-4-11-9-13(7-5-10(11)8-12)20-16-14(18)2-1-3-15(16)19/h1-4,6,8,13,20H,5,7,9H2. The minimum absolute atomic E-state index is 0.376. The van der Waals surface area contributed by atoms with Crippen LogP contribution in [0.25, 0.3) is 0 Å². The number of hydrogen-bond donors (Lipinski definition) is 1. The Bertz CT molecular complexity index is 622. The number of anilines is 1. The third-order valence-corrected chi connectivity index (χ3v) is 4.83. The monoisotopic (exact) mass is 369 g/mol. The van der Waals surface area contributed by atoms with Crippen molar-refractivity contribution in [2.24, 2.45) is 0 Å². The van der Waals surface area contributed by atoms with Gasteiger partial charge in [-0.3, -0.25) is 0 Å². The minimum Gasteiger partial charge on any atom is -0.380 e. The van der Waals surface area contributed by atoms with Gasteiger partial charge < -0.3 is 5.32 Å². The van der Waals surface area contributed by atoms with Gasteiger partial charge in [0.15, 0.2) is 0 Å². The van der Waals surface area contributed by atoms with Crippen molar-refractivity contribution < 1.29 is 0 Å². The van der Waals surface area contributed by atoms with Crippen LogP contribution in [0.2, 0.25) is 10.0 Å². The molecule has 2 aromatic carbocycles. The molecule has 0 spiro atoms. The second-order valence-corrected chi connectivity index (χ2v) is 6.82. The number of halogens is 3. The number of nitrogens with one attached hydrogen (secondary N) is 1. The molecule has 3 rings (SSSR count). The lowest BCUT2D eigenvalue weighted by molar-refractivity contribution is 0.611. The van der Waals surface area contributed by atoms with Gasteiger partial charge in [0.05, 0.1) is 15.7 Å². The average Bonchev–Trinajstić information content (AvgIpc) is 2.43. The van der Waals surface area contributed by atoms with Gasteiger partial charge in [-0.25, -0.2) is 0 Å². The van der Waals surface area contributed by atoms with E-state index >= 15 is 0 Å². The summed E-state index contributed by atoms with van der Waals surface area (Å²) in [4.78, 5) is 0. The van der Waals surface area contributed by atoms with Crippen LogP contribution in [0.4, 0.5) is 5.69 Å². The molecule has 0 bridgehead atoms. The number of hydrogen-bond acceptors (Lipinski definition) is 1. The van der Waals surface area contributed by atoms with Crippen molar-refractivity contribution in [1.82, 2.24) is 0 Å². The topological polar surface area (TPSA) is 12.0 Å². The van der Waals surface area contributed by atoms with Crippen molar-refractivity contribution in [2.45, 2.75) is 25.3 Å². The van der Waals surface area contributed by atoms with Crippen LogP contribution in [-0.4, -0.2) is 6.04 Å². The molecular weight excluding hydrogens is 357 g/mol. The zero-order valence-electron chi connectivity index (χ0n) is 10.8. The van der Waals surface area contributed by atoms with Crippen LogP contribution in [0.15, 0.2) is 40.9 Å². The lowest BCUT2D eigenvalue weighted by Gasteiger charge is -2.27. The van der Waals surface area contributed by atoms with Gasteiger partial charge in [-0.1, -0.05) is 51.3 Å². The van der Waals surface area contributed by atoms with Crippen molar-refractivity contribution in [3.8, 4) is 0 Å². The van der Waals surface area contributed by atoms with Gasteiger partial charge in [-0.05, 0) is 54.7 Å². The largest absolute Gasteiger partial charge is 0.380 e. The van der Waals surface area contributed by atoms with E-state index in [0.29, 0.717) is 16.1 Å². The number of rotatable bonds is 2. The maximum atomic E-state index is 6.22. The highest BCUT2D eigenvalue weighted by Crippen LogP contribution is 2.33. The second-order valence-electron chi connectivity index (χ2n) is 5.09. The third kappa shape index (κ3) is 2.98. The quantitative estimate of drug-likeness (QED) is 0.712. The van der Waals surface area contributed by atoms with Crippen LogP contribution in [0.3, 0.4) is 0 Å². The van der Waals surface area contributed by atoms with E-state index in [9.17, 15) is 0 Å². The van der Waals surface area contributed by atoms with E-state index in [0.717, 1.165) is 29.4 Å². The minimum atomic E-state index is 0.376. The lowest BCUT2D eigenvalue weighted by Crippen LogP contribution is -2.27. The van der Waals surface area contributed by atoms with Gasteiger partial charge in [0.1, 0.15) is 0 Å². The average molecular weight is 371 g/mol. The Balaban J connectivity index is 1.79. The summed E-state index contributed by atoms with van der Waals surface area (Å²) in [6.45, 7) is 0. The Kier molecular flexibility index (Phi) is 4.25. The third-order valence-electron chi connectivity index (χ3n) is 3.71. The van der Waals surface area contributed by atoms with E-state index in [1.165, 1.54) is 11.1 Å². The zero-order valence-corrected chi connectivity index (χ0v) is 13.9.